The third kappa shape index (κ3) is 11.4. The van der Waals surface area contributed by atoms with Crippen LogP contribution in [0.2, 0.25) is 0 Å². The molecule has 0 amide bonds. The number of hydrogen-bond acceptors (Lipinski definition) is 8. The molecule has 0 bridgehead atoms. The quantitative estimate of drug-likeness (QED) is 0.197. The summed E-state index contributed by atoms with van der Waals surface area (Å²) in [6, 6.07) is 0. The highest BCUT2D eigenvalue weighted by Gasteiger charge is 2.37. The topological polar surface area (TPSA) is 137 Å². The van der Waals surface area contributed by atoms with E-state index >= 15 is 0 Å². The fourth-order valence-electron chi connectivity index (χ4n) is 5.30. The Kier molecular flexibility index (Phi) is 13.0. The molecule has 40 heavy (non-hydrogen) atoms. The molecule has 0 saturated carbocycles. The Hall–Kier alpha value is -2.10. The molecule has 1 fully saturated rings. The zero-order valence-corrected chi connectivity index (χ0v) is 25.0. The Balaban J connectivity index is 2.15. The molecular formula is C32H50O8. The monoisotopic (exact) mass is 562 g/mol. The lowest BCUT2D eigenvalue weighted by Crippen LogP contribution is -2.41. The predicted molar refractivity (Wildman–Crippen MR) is 154 cm³/mol. The molecule has 9 unspecified atom stereocenters. The molecule has 0 aromatic carbocycles. The number of rotatable bonds is 0. The number of ketones is 1. The van der Waals surface area contributed by atoms with E-state index in [0.717, 1.165) is 30.4 Å². The maximum atomic E-state index is 12.6. The van der Waals surface area contributed by atoms with Gasteiger partial charge < -0.3 is 29.9 Å². The Morgan fingerprint density at radius 3 is 2.35 bits per heavy atom. The lowest BCUT2D eigenvalue weighted by Gasteiger charge is -2.27. The van der Waals surface area contributed by atoms with Gasteiger partial charge in [-0.3, -0.25) is 4.79 Å². The number of fused-ring (bicyclic) bond motifs is 1. The Bertz CT molecular complexity index is 977. The van der Waals surface area contributed by atoms with Crippen LogP contribution in [0, 0.1) is 11.8 Å². The third-order valence-corrected chi connectivity index (χ3v) is 7.70. The Labute approximate surface area is 239 Å². The third-order valence-electron chi connectivity index (χ3n) is 7.70. The van der Waals surface area contributed by atoms with Crippen molar-refractivity contribution in [3.8, 4) is 0 Å². The minimum atomic E-state index is -1.71. The van der Waals surface area contributed by atoms with E-state index in [-0.39, 0.29) is 25.0 Å². The van der Waals surface area contributed by atoms with Gasteiger partial charge in [-0.25, -0.2) is 4.79 Å². The van der Waals surface area contributed by atoms with Crippen molar-refractivity contribution in [1.82, 2.24) is 0 Å². The molecule has 8 nitrogen and oxygen atoms in total. The van der Waals surface area contributed by atoms with Gasteiger partial charge in [0.2, 0.25) is 0 Å². The zero-order chi connectivity index (χ0) is 30.2. The first-order chi connectivity index (χ1) is 18.6. The molecule has 2 heterocycles. The summed E-state index contributed by atoms with van der Waals surface area (Å²) < 4.78 is 11.3. The van der Waals surface area contributed by atoms with Crippen LogP contribution in [0.4, 0.5) is 0 Å². The van der Waals surface area contributed by atoms with Crippen LogP contribution in [0.25, 0.3) is 0 Å². The van der Waals surface area contributed by atoms with Crippen LogP contribution in [0.15, 0.2) is 47.6 Å². The van der Waals surface area contributed by atoms with Gasteiger partial charge in [-0.1, -0.05) is 50.3 Å². The highest BCUT2D eigenvalue weighted by atomic mass is 16.6. The molecule has 1 saturated heterocycles. The van der Waals surface area contributed by atoms with Crippen molar-refractivity contribution < 1.29 is 39.5 Å². The average molecular weight is 563 g/mol. The van der Waals surface area contributed by atoms with Crippen LogP contribution < -0.4 is 0 Å². The minimum Gasteiger partial charge on any atom is -0.459 e. The molecule has 2 rings (SSSR count). The van der Waals surface area contributed by atoms with Gasteiger partial charge >= 0.3 is 5.97 Å². The molecule has 0 aromatic heterocycles. The van der Waals surface area contributed by atoms with Gasteiger partial charge in [0.25, 0.3) is 0 Å². The number of carbonyl (C=O) groups excluding carboxylic acids is 2. The maximum Gasteiger partial charge on any atom is 0.333 e. The Morgan fingerprint density at radius 2 is 1.68 bits per heavy atom. The van der Waals surface area contributed by atoms with Crippen molar-refractivity contribution in [3.63, 3.8) is 0 Å². The van der Waals surface area contributed by atoms with E-state index in [2.05, 4.69) is 25.7 Å². The lowest BCUT2D eigenvalue weighted by atomic mass is 9.87. The van der Waals surface area contributed by atoms with E-state index < -0.39 is 54.1 Å². The number of aliphatic hydroxyl groups is 4. The smallest absolute Gasteiger partial charge is 0.333 e. The van der Waals surface area contributed by atoms with Crippen molar-refractivity contribution in [1.29, 1.82) is 0 Å². The minimum absolute atomic E-state index is 0.0996. The molecule has 8 heteroatoms. The molecule has 2 aliphatic rings. The Morgan fingerprint density at radius 1 is 1.00 bits per heavy atom. The van der Waals surface area contributed by atoms with E-state index in [9.17, 15) is 30.0 Å². The largest absolute Gasteiger partial charge is 0.459 e. The van der Waals surface area contributed by atoms with Crippen LogP contribution in [-0.4, -0.2) is 74.4 Å². The van der Waals surface area contributed by atoms with Crippen molar-refractivity contribution >= 4 is 11.8 Å². The summed E-state index contributed by atoms with van der Waals surface area (Å²) in [5, 5.41) is 42.4. The zero-order valence-electron chi connectivity index (χ0n) is 25.0. The van der Waals surface area contributed by atoms with E-state index in [0.29, 0.717) is 17.9 Å². The standard InChI is InChI=1S/C32H50O8/c1-19-13-21(3)23(5)17-32(7,38)18-25(33)16-26(34)30(36)29(35)22(4)15-24(6)39-31(37)20(2)11-9-8-10-12-27-28(14-19)40-27/h10-12,17,19,22,24-25,27-30,33,35-36,38H,3,8-9,13-16,18H2,1-2,4-7H3. The number of hydrogen-bond donors (Lipinski definition) is 4. The van der Waals surface area contributed by atoms with Crippen molar-refractivity contribution in [2.75, 3.05) is 0 Å². The summed E-state index contributed by atoms with van der Waals surface area (Å²) in [7, 11) is 0. The fourth-order valence-corrected chi connectivity index (χ4v) is 5.30. The van der Waals surface area contributed by atoms with E-state index in [1.807, 2.05) is 13.0 Å². The second-order valence-corrected chi connectivity index (χ2v) is 12.3. The molecule has 226 valence electrons. The van der Waals surface area contributed by atoms with Gasteiger partial charge in [-0.05, 0) is 77.2 Å². The molecule has 4 N–H and O–H groups in total. The summed E-state index contributed by atoms with van der Waals surface area (Å²) in [6.07, 6.45) is 5.77. The first-order valence-corrected chi connectivity index (χ1v) is 14.5. The predicted octanol–water partition coefficient (Wildman–Crippen LogP) is 4.11. The van der Waals surface area contributed by atoms with Gasteiger partial charge in [-0.15, -0.1) is 0 Å². The molecule has 0 aromatic rings. The van der Waals surface area contributed by atoms with Crippen LogP contribution in [0.1, 0.15) is 86.5 Å². The molecule has 9 atom stereocenters. The van der Waals surface area contributed by atoms with Gasteiger partial charge in [0.15, 0.2) is 5.78 Å². The SMILES string of the molecule is C=C1CC(C)CC2OC2C=CCCC=C(C)C(=O)OC(C)CC(C)C(O)C(O)C(=O)CC(O)CC(C)(O)C=C1C. The normalized spacial score (nSPS) is 38.6. The number of Topliss-reactive ketones (excluding diaryl/α,β-unsaturated/α-hetero) is 1. The molecule has 0 radical (unpaired) electrons. The van der Waals surface area contributed by atoms with Gasteiger partial charge in [0.05, 0.1) is 30.0 Å². The van der Waals surface area contributed by atoms with E-state index in [1.165, 1.54) is 0 Å². The summed E-state index contributed by atoms with van der Waals surface area (Å²) in [5.74, 6) is -1.40. The van der Waals surface area contributed by atoms with E-state index in [1.54, 1.807) is 33.8 Å². The highest BCUT2D eigenvalue weighted by molar-refractivity contribution is 5.87. The average Bonchev–Trinajstić information content (AvgIpc) is 3.57. The number of aliphatic hydroxyl groups excluding tert-OH is 3. The number of allylic oxidation sites excluding steroid dienone is 4. The van der Waals surface area contributed by atoms with Crippen molar-refractivity contribution in [2.24, 2.45) is 11.8 Å². The summed E-state index contributed by atoms with van der Waals surface area (Å²) >= 11 is 0. The number of esters is 1. The van der Waals surface area contributed by atoms with Crippen molar-refractivity contribution in [2.45, 2.75) is 129 Å². The molecule has 2 aliphatic heterocycles. The first-order valence-electron chi connectivity index (χ1n) is 14.5. The number of epoxide rings is 1. The van der Waals surface area contributed by atoms with E-state index in [4.69, 9.17) is 9.47 Å². The lowest BCUT2D eigenvalue weighted by molar-refractivity contribution is -0.146. The molecular weight excluding hydrogens is 512 g/mol. The molecule has 0 spiro atoms. The number of carbonyl (C=O) groups is 2. The second-order valence-electron chi connectivity index (χ2n) is 12.3. The van der Waals surface area contributed by atoms with Gasteiger partial charge in [0.1, 0.15) is 12.2 Å². The molecule has 0 aliphatic carbocycles. The first kappa shape index (κ1) is 34.1. The summed E-state index contributed by atoms with van der Waals surface area (Å²) in [5.41, 5.74) is 0.787. The van der Waals surface area contributed by atoms with Gasteiger partial charge in [0, 0.05) is 18.4 Å². The summed E-state index contributed by atoms with van der Waals surface area (Å²) in [4.78, 5) is 25.1. The highest BCUT2D eigenvalue weighted by Crippen LogP contribution is 2.33. The number of cyclic esters (lactones) is 1. The van der Waals surface area contributed by atoms with Crippen LogP contribution in [0.5, 0.6) is 0 Å². The van der Waals surface area contributed by atoms with Crippen LogP contribution in [-0.2, 0) is 19.1 Å². The maximum absolute atomic E-state index is 12.6. The van der Waals surface area contributed by atoms with Crippen LogP contribution >= 0.6 is 0 Å². The summed E-state index contributed by atoms with van der Waals surface area (Å²) in [6.45, 7) is 14.8. The second kappa shape index (κ2) is 15.2. The van der Waals surface area contributed by atoms with Gasteiger partial charge in [-0.2, -0.15) is 0 Å². The fraction of sp³-hybridized carbons (Fsp3) is 0.688. The number of ether oxygens (including phenoxy) is 2. The van der Waals surface area contributed by atoms with Crippen LogP contribution in [0.3, 0.4) is 0 Å². The van der Waals surface area contributed by atoms with Crippen molar-refractivity contribution in [3.05, 3.63) is 47.6 Å².